The van der Waals surface area contributed by atoms with Crippen LogP contribution in [0.15, 0.2) is 5.11 Å². The van der Waals surface area contributed by atoms with Gasteiger partial charge in [0.2, 0.25) is 0 Å². The largest absolute Gasteiger partial charge is 0.237 e. The van der Waals surface area contributed by atoms with Gasteiger partial charge in [-0.3, -0.25) is 0 Å². The predicted octanol–water partition coefficient (Wildman–Crippen LogP) is 0.727. The Morgan fingerprint density at radius 2 is 2.50 bits per heavy atom. The Morgan fingerprint density at radius 1 is 1.83 bits per heavy atom. The van der Waals surface area contributed by atoms with Crippen molar-refractivity contribution in [1.82, 2.24) is 0 Å². The van der Waals surface area contributed by atoms with Crippen molar-refractivity contribution >= 4 is 0 Å². The van der Waals surface area contributed by atoms with E-state index in [0.29, 0.717) is 0 Å². The molecule has 0 aliphatic rings. The fourth-order valence-electron chi connectivity index (χ4n) is 0.0855. The van der Waals surface area contributed by atoms with Crippen molar-refractivity contribution in [2.24, 2.45) is 5.11 Å². The summed E-state index contributed by atoms with van der Waals surface area (Å²) in [5.41, 5.74) is 7.52. The molecule has 0 fully saturated rings. The molecule has 0 amide bonds. The number of hydrogen-bond donors (Lipinski definition) is 0. The quantitative estimate of drug-likeness (QED) is 0.270. The molecule has 0 saturated heterocycles. The summed E-state index contributed by atoms with van der Waals surface area (Å²) in [7, 11) is 0. The van der Waals surface area contributed by atoms with E-state index in [-0.39, 0.29) is 13.2 Å². The van der Waals surface area contributed by atoms with Gasteiger partial charge in [-0.25, -0.2) is 5.11 Å². The van der Waals surface area contributed by atoms with Gasteiger partial charge < -0.3 is 0 Å². The zero-order chi connectivity index (χ0) is 4.83. The molecule has 33 valence electrons. The second kappa shape index (κ2) is 4.27. The van der Waals surface area contributed by atoms with Gasteiger partial charge in [0.1, 0.15) is 0 Å². The molecule has 0 saturated carbocycles. The van der Waals surface area contributed by atoms with Gasteiger partial charge in [-0.2, -0.15) is 0 Å². The molecule has 0 rings (SSSR count). The Labute approximate surface area is 35.0 Å². The maximum atomic E-state index is 9.42. The van der Waals surface area contributed by atoms with Gasteiger partial charge in [0.25, 0.3) is 0 Å². The summed E-state index contributed by atoms with van der Waals surface area (Å²) in [6, 6.07) is 0. The third-order valence-corrected chi connectivity index (χ3v) is 0.255. The smallest absolute Gasteiger partial charge is 0.0878 e. The van der Waals surface area contributed by atoms with Gasteiger partial charge >= 0.3 is 0 Å². The highest BCUT2D eigenvalue weighted by atomic mass is 16.3. The van der Waals surface area contributed by atoms with Gasteiger partial charge in [-0.15, -0.1) is 0 Å². The Balaban J connectivity index is 2.86. The third kappa shape index (κ3) is 3.27. The van der Waals surface area contributed by atoms with Gasteiger partial charge in [-0.05, 0) is 5.53 Å². The van der Waals surface area contributed by atoms with Gasteiger partial charge in [0.15, 0.2) is 0 Å². The second-order valence-corrected chi connectivity index (χ2v) is 0.659. The summed E-state index contributed by atoms with van der Waals surface area (Å²) in [6.07, 6.45) is 0. The summed E-state index contributed by atoms with van der Waals surface area (Å²) < 4.78 is 0. The molecule has 0 unspecified atom stereocenters. The first kappa shape index (κ1) is 5.27. The molecule has 0 aliphatic heterocycles. The lowest BCUT2D eigenvalue weighted by atomic mass is 10.8. The fourth-order valence-corrected chi connectivity index (χ4v) is 0.0855. The van der Waals surface area contributed by atoms with E-state index in [4.69, 9.17) is 5.53 Å². The Kier molecular flexibility index (Phi) is 3.75. The normalized spacial score (nSPS) is 6.83. The van der Waals surface area contributed by atoms with Crippen LogP contribution in [-0.2, 0) is 5.11 Å². The van der Waals surface area contributed by atoms with Crippen LogP contribution >= 0.6 is 0 Å². The van der Waals surface area contributed by atoms with Crippen LogP contribution in [0.2, 0.25) is 0 Å². The van der Waals surface area contributed by atoms with Crippen LogP contribution in [0.1, 0.15) is 0 Å². The van der Waals surface area contributed by atoms with E-state index in [1.807, 2.05) is 0 Å². The van der Waals surface area contributed by atoms with Crippen LogP contribution < -0.4 is 0 Å². The van der Waals surface area contributed by atoms with Gasteiger partial charge in [-0.1, -0.05) is 5.11 Å². The molecule has 0 aromatic rings. The molecule has 0 aromatic carbocycles. The van der Waals surface area contributed by atoms with E-state index < -0.39 is 0 Å². The standard InChI is InChI=1S/C2H4N3O/c3-5-4-1-2-6/h1-2H2. The molecule has 1 radical (unpaired) electrons. The number of hydrogen-bond acceptors (Lipinski definition) is 1. The van der Waals surface area contributed by atoms with Crippen molar-refractivity contribution in [1.29, 1.82) is 0 Å². The summed E-state index contributed by atoms with van der Waals surface area (Å²) in [4.78, 5) is 2.35. The Morgan fingerprint density at radius 3 is 2.67 bits per heavy atom. The Hall–Kier alpha value is -0.730. The molecular formula is C2H4N3O. The van der Waals surface area contributed by atoms with Crippen molar-refractivity contribution < 1.29 is 5.11 Å². The number of rotatable bonds is 2. The fraction of sp³-hybridized carbons (Fsp3) is 1.00. The molecule has 0 N–H and O–H groups in total. The minimum absolute atomic E-state index is 0.0660. The topological polar surface area (TPSA) is 68.7 Å². The number of nitrogens with zero attached hydrogens (tertiary/aromatic N) is 3. The maximum Gasteiger partial charge on any atom is 0.0878 e. The number of azide groups is 1. The zero-order valence-electron chi connectivity index (χ0n) is 3.16. The van der Waals surface area contributed by atoms with E-state index in [1.54, 1.807) is 0 Å². The minimum Gasteiger partial charge on any atom is -0.237 e. The van der Waals surface area contributed by atoms with Crippen LogP contribution in [0.25, 0.3) is 10.4 Å². The van der Waals surface area contributed by atoms with Crippen molar-refractivity contribution in [3.05, 3.63) is 10.4 Å². The maximum absolute atomic E-state index is 9.42. The lowest BCUT2D eigenvalue weighted by Gasteiger charge is -1.68. The monoisotopic (exact) mass is 86.0 g/mol. The molecule has 0 bridgehead atoms. The highest BCUT2D eigenvalue weighted by Crippen LogP contribution is 1.64. The molecule has 0 heterocycles. The van der Waals surface area contributed by atoms with Gasteiger partial charge in [0.05, 0.1) is 13.2 Å². The first-order chi connectivity index (χ1) is 2.91. The molecule has 4 heteroatoms. The van der Waals surface area contributed by atoms with Crippen molar-refractivity contribution in [3.8, 4) is 0 Å². The van der Waals surface area contributed by atoms with Crippen LogP contribution in [0.5, 0.6) is 0 Å². The molecule has 0 aromatic heterocycles. The molecule has 0 spiro atoms. The molecule has 4 nitrogen and oxygen atoms in total. The molecule has 0 aliphatic carbocycles. The van der Waals surface area contributed by atoms with E-state index >= 15 is 0 Å². The van der Waals surface area contributed by atoms with Gasteiger partial charge in [0, 0.05) is 4.91 Å². The highest BCUT2D eigenvalue weighted by Gasteiger charge is 1.69. The van der Waals surface area contributed by atoms with E-state index in [1.165, 1.54) is 0 Å². The second-order valence-electron chi connectivity index (χ2n) is 0.659. The first-order valence-corrected chi connectivity index (χ1v) is 1.50. The van der Waals surface area contributed by atoms with Crippen molar-refractivity contribution in [2.45, 2.75) is 0 Å². The van der Waals surface area contributed by atoms with E-state index in [9.17, 15) is 5.11 Å². The molecule has 6 heavy (non-hydrogen) atoms. The third-order valence-electron chi connectivity index (χ3n) is 0.255. The molecule has 0 atom stereocenters. The van der Waals surface area contributed by atoms with E-state index in [2.05, 4.69) is 10.0 Å². The Bertz CT molecular complexity index is 65.2. The zero-order valence-corrected chi connectivity index (χ0v) is 3.16. The highest BCUT2D eigenvalue weighted by molar-refractivity contribution is 4.40. The average molecular weight is 86.1 g/mol. The van der Waals surface area contributed by atoms with Crippen LogP contribution in [-0.4, -0.2) is 13.2 Å². The molecular weight excluding hydrogens is 82.0 g/mol. The average Bonchev–Trinajstić information content (AvgIpc) is 1.61. The van der Waals surface area contributed by atoms with E-state index in [0.717, 1.165) is 0 Å². The SMILES string of the molecule is [N-]=[N+]=NCC[O]. The summed E-state index contributed by atoms with van der Waals surface area (Å²) >= 11 is 0. The predicted molar refractivity (Wildman–Crippen MR) is 19.6 cm³/mol. The summed E-state index contributed by atoms with van der Waals surface area (Å²) in [5, 5.41) is 12.4. The van der Waals surface area contributed by atoms with Crippen LogP contribution in [0.3, 0.4) is 0 Å². The van der Waals surface area contributed by atoms with Crippen LogP contribution in [0, 0.1) is 0 Å². The van der Waals surface area contributed by atoms with Crippen molar-refractivity contribution in [3.63, 3.8) is 0 Å². The van der Waals surface area contributed by atoms with Crippen LogP contribution in [0.4, 0.5) is 0 Å². The minimum atomic E-state index is -0.315. The lowest BCUT2D eigenvalue weighted by Crippen LogP contribution is -1.79. The lowest BCUT2D eigenvalue weighted by molar-refractivity contribution is 0.203. The van der Waals surface area contributed by atoms with Crippen molar-refractivity contribution in [2.75, 3.05) is 13.2 Å². The summed E-state index contributed by atoms with van der Waals surface area (Å²) in [6.45, 7) is -0.249. The first-order valence-electron chi connectivity index (χ1n) is 1.50. The summed E-state index contributed by atoms with van der Waals surface area (Å²) in [5.74, 6) is 0.